The van der Waals surface area contributed by atoms with E-state index < -0.39 is 55.1 Å². The van der Waals surface area contributed by atoms with Crippen LogP contribution in [0.25, 0.3) is 0 Å². The third kappa shape index (κ3) is 10.8. The molecule has 1 N–H and O–H groups in total. The van der Waals surface area contributed by atoms with Crippen molar-refractivity contribution in [2.24, 2.45) is 11.8 Å². The van der Waals surface area contributed by atoms with Gasteiger partial charge < -0.3 is 28.8 Å². The molecule has 4 unspecified atom stereocenters. The standard InChI is InChI=1S/C31H50F2O7/c1-3-4-12-23(32)26(39-29-15-8-10-19-37-29)18-17-22-27(40-30-16-9-11-20-38-30)21-25(34)31(22)24(33)13-6-5-7-14-28(35)36-2/h6,13,17-18,22-27,29-31,34H,3-5,7-12,14-16,19-21H2,1-2H3/t22-,23?,24?,25-,26+,27+,29?,30?,31-/m0/s1. The van der Waals surface area contributed by atoms with Gasteiger partial charge in [0.15, 0.2) is 12.6 Å². The average molecular weight is 573 g/mol. The molecule has 3 rings (SSSR count). The van der Waals surface area contributed by atoms with Gasteiger partial charge in [-0.3, -0.25) is 4.79 Å². The highest BCUT2D eigenvalue weighted by Gasteiger charge is 2.46. The normalized spacial score (nSPS) is 31.9. The van der Waals surface area contributed by atoms with Crippen LogP contribution in [0.4, 0.5) is 8.78 Å². The van der Waals surface area contributed by atoms with Crippen molar-refractivity contribution in [1.29, 1.82) is 0 Å². The second kappa shape index (κ2) is 18.2. The van der Waals surface area contributed by atoms with E-state index in [4.69, 9.17) is 18.9 Å². The molecule has 2 heterocycles. The average Bonchev–Trinajstić information content (AvgIpc) is 3.28. The summed E-state index contributed by atoms with van der Waals surface area (Å²) in [6, 6.07) is 0. The number of allylic oxidation sites excluding steroid dienone is 2. The summed E-state index contributed by atoms with van der Waals surface area (Å²) in [5.74, 6) is -1.55. The Kier molecular flexibility index (Phi) is 15.1. The molecule has 40 heavy (non-hydrogen) atoms. The van der Waals surface area contributed by atoms with Crippen molar-refractivity contribution in [3.05, 3.63) is 24.3 Å². The molecule has 1 aliphatic carbocycles. The second-order valence-corrected chi connectivity index (χ2v) is 11.2. The number of aliphatic hydroxyl groups excluding tert-OH is 1. The Labute approximate surface area is 238 Å². The number of halogens is 2. The van der Waals surface area contributed by atoms with Gasteiger partial charge in [-0.1, -0.05) is 44.1 Å². The predicted octanol–water partition coefficient (Wildman–Crippen LogP) is 6.13. The van der Waals surface area contributed by atoms with Crippen LogP contribution in [0.3, 0.4) is 0 Å². The van der Waals surface area contributed by atoms with Crippen LogP contribution < -0.4 is 0 Å². The number of carbonyl (C=O) groups excluding carboxylic acids is 1. The molecule has 0 amide bonds. The van der Waals surface area contributed by atoms with Crippen molar-refractivity contribution in [2.45, 2.75) is 134 Å². The second-order valence-electron chi connectivity index (χ2n) is 11.2. The van der Waals surface area contributed by atoms with Crippen LogP contribution in [0, 0.1) is 11.8 Å². The summed E-state index contributed by atoms with van der Waals surface area (Å²) < 4.78 is 59.5. The summed E-state index contributed by atoms with van der Waals surface area (Å²) in [5, 5.41) is 11.0. The highest BCUT2D eigenvalue weighted by molar-refractivity contribution is 5.69. The first-order valence-corrected chi connectivity index (χ1v) is 15.3. The molecule has 1 saturated carbocycles. The Morgan fingerprint density at radius 1 is 1.05 bits per heavy atom. The predicted molar refractivity (Wildman–Crippen MR) is 148 cm³/mol. The van der Waals surface area contributed by atoms with Gasteiger partial charge in [-0.2, -0.15) is 0 Å². The van der Waals surface area contributed by atoms with E-state index in [1.54, 1.807) is 18.2 Å². The van der Waals surface area contributed by atoms with Crippen molar-refractivity contribution in [2.75, 3.05) is 20.3 Å². The van der Waals surface area contributed by atoms with Crippen molar-refractivity contribution in [3.8, 4) is 0 Å². The van der Waals surface area contributed by atoms with E-state index in [1.807, 2.05) is 6.92 Å². The van der Waals surface area contributed by atoms with E-state index in [-0.39, 0.29) is 18.8 Å². The molecule has 9 heteroatoms. The van der Waals surface area contributed by atoms with Gasteiger partial charge in [-0.25, -0.2) is 8.78 Å². The molecule has 3 fully saturated rings. The van der Waals surface area contributed by atoms with Crippen molar-refractivity contribution < 1.29 is 42.4 Å². The Balaban J connectivity index is 1.75. The van der Waals surface area contributed by atoms with Crippen LogP contribution in [0.5, 0.6) is 0 Å². The van der Waals surface area contributed by atoms with Crippen LogP contribution in [0.2, 0.25) is 0 Å². The van der Waals surface area contributed by atoms with Gasteiger partial charge in [0.05, 0.1) is 19.3 Å². The van der Waals surface area contributed by atoms with E-state index in [0.717, 1.165) is 44.9 Å². The monoisotopic (exact) mass is 572 g/mol. The zero-order valence-corrected chi connectivity index (χ0v) is 24.3. The Bertz CT molecular complexity index is 767. The molecular formula is C31H50F2O7. The van der Waals surface area contributed by atoms with Gasteiger partial charge in [0.2, 0.25) is 0 Å². The zero-order chi connectivity index (χ0) is 28.7. The van der Waals surface area contributed by atoms with E-state index in [9.17, 15) is 9.90 Å². The van der Waals surface area contributed by atoms with Gasteiger partial charge in [0.1, 0.15) is 18.4 Å². The third-order valence-corrected chi connectivity index (χ3v) is 8.08. The minimum atomic E-state index is -1.44. The number of hydrogen-bond acceptors (Lipinski definition) is 7. The molecule has 3 aliphatic rings. The fourth-order valence-corrected chi connectivity index (χ4v) is 5.76. The molecular weight excluding hydrogens is 522 g/mol. The smallest absolute Gasteiger partial charge is 0.305 e. The fourth-order valence-electron chi connectivity index (χ4n) is 5.76. The molecule has 230 valence electrons. The van der Waals surface area contributed by atoms with Crippen LogP contribution in [-0.2, 0) is 28.5 Å². The number of unbranched alkanes of at least 4 members (excludes halogenated alkanes) is 2. The van der Waals surface area contributed by atoms with Crippen molar-refractivity contribution >= 4 is 5.97 Å². The number of hydrogen-bond donors (Lipinski definition) is 1. The molecule has 0 aromatic heterocycles. The molecule has 9 atom stereocenters. The molecule has 0 spiro atoms. The maximum absolute atomic E-state index is 15.7. The van der Waals surface area contributed by atoms with E-state index >= 15 is 8.78 Å². The van der Waals surface area contributed by atoms with Gasteiger partial charge >= 0.3 is 5.97 Å². The number of esters is 1. The lowest BCUT2D eigenvalue weighted by Gasteiger charge is -2.31. The summed E-state index contributed by atoms with van der Waals surface area (Å²) in [5.41, 5.74) is 0. The summed E-state index contributed by atoms with van der Waals surface area (Å²) in [6.45, 7) is 3.23. The first-order valence-electron chi connectivity index (χ1n) is 15.3. The summed E-state index contributed by atoms with van der Waals surface area (Å²) in [7, 11) is 1.34. The molecule has 0 aromatic rings. The molecule has 0 bridgehead atoms. The Morgan fingerprint density at radius 3 is 2.42 bits per heavy atom. The summed E-state index contributed by atoms with van der Waals surface area (Å²) in [4.78, 5) is 11.3. The van der Waals surface area contributed by atoms with E-state index in [0.29, 0.717) is 38.9 Å². The largest absolute Gasteiger partial charge is 0.469 e. The minimum Gasteiger partial charge on any atom is -0.469 e. The van der Waals surface area contributed by atoms with E-state index in [1.165, 1.54) is 13.2 Å². The lowest BCUT2D eigenvalue weighted by Crippen LogP contribution is -2.34. The Morgan fingerprint density at radius 2 is 1.77 bits per heavy atom. The third-order valence-electron chi connectivity index (χ3n) is 8.08. The maximum atomic E-state index is 15.7. The maximum Gasteiger partial charge on any atom is 0.305 e. The summed E-state index contributed by atoms with van der Waals surface area (Å²) >= 11 is 0. The highest BCUT2D eigenvalue weighted by atomic mass is 19.1. The first kappa shape index (κ1) is 33.1. The number of aliphatic hydroxyl groups is 1. The topological polar surface area (TPSA) is 83.5 Å². The lowest BCUT2D eigenvalue weighted by molar-refractivity contribution is -0.194. The SMILES string of the molecule is CCCCC(F)[C@@H](C=C[C@@H]1[C@@H](C(F)C=CCCCC(=O)OC)[C@@H](O)C[C@H]1OC1CCCCO1)OC1CCCCO1. The van der Waals surface area contributed by atoms with Gasteiger partial charge in [0, 0.05) is 37.9 Å². The van der Waals surface area contributed by atoms with E-state index in [2.05, 4.69) is 4.74 Å². The number of carbonyl (C=O) groups is 1. The van der Waals surface area contributed by atoms with Gasteiger partial charge in [-0.15, -0.1) is 0 Å². The van der Waals surface area contributed by atoms with Crippen molar-refractivity contribution in [1.82, 2.24) is 0 Å². The van der Waals surface area contributed by atoms with Crippen molar-refractivity contribution in [3.63, 3.8) is 0 Å². The van der Waals surface area contributed by atoms with Gasteiger partial charge in [-0.05, 0) is 57.8 Å². The molecule has 2 aliphatic heterocycles. The Hall–Kier alpha value is -1.39. The van der Waals surface area contributed by atoms with Crippen LogP contribution >= 0.6 is 0 Å². The van der Waals surface area contributed by atoms with Crippen LogP contribution in [0.15, 0.2) is 24.3 Å². The highest BCUT2D eigenvalue weighted by Crippen LogP contribution is 2.41. The minimum absolute atomic E-state index is 0.265. The number of alkyl halides is 2. The lowest BCUT2D eigenvalue weighted by atomic mass is 9.88. The summed E-state index contributed by atoms with van der Waals surface area (Å²) in [6.07, 6.45) is 9.85. The first-order chi connectivity index (χ1) is 19.4. The molecule has 0 radical (unpaired) electrons. The molecule has 7 nitrogen and oxygen atoms in total. The fraction of sp³-hybridized carbons (Fsp3) is 0.839. The molecule has 2 saturated heterocycles. The van der Waals surface area contributed by atoms with Gasteiger partial charge in [0.25, 0.3) is 0 Å². The number of ether oxygens (including phenoxy) is 5. The number of rotatable bonds is 16. The number of methoxy groups -OCH3 is 1. The quantitative estimate of drug-likeness (QED) is 0.135. The molecule has 0 aromatic carbocycles. The zero-order valence-electron chi connectivity index (χ0n) is 24.3. The van der Waals surface area contributed by atoms with Crippen LogP contribution in [0.1, 0.15) is 90.4 Å². The van der Waals surface area contributed by atoms with Crippen LogP contribution in [-0.4, -0.2) is 74.6 Å².